The molecule has 2 aromatic rings. The predicted octanol–water partition coefficient (Wildman–Crippen LogP) is 3.40. The highest BCUT2D eigenvalue weighted by atomic mass is 32.2. The number of sulfonamides is 1. The van der Waals surface area contributed by atoms with Gasteiger partial charge in [-0.15, -0.1) is 0 Å². The molecule has 0 radical (unpaired) electrons. The molecule has 1 aromatic heterocycles. The van der Waals surface area contributed by atoms with E-state index >= 15 is 0 Å². The van der Waals surface area contributed by atoms with Gasteiger partial charge in [0.05, 0.1) is 17.0 Å². The Labute approximate surface area is 124 Å². The summed E-state index contributed by atoms with van der Waals surface area (Å²) in [5.74, 6) is 0.511. The van der Waals surface area contributed by atoms with Gasteiger partial charge in [-0.05, 0) is 44.9 Å². The quantitative estimate of drug-likeness (QED) is 0.859. The van der Waals surface area contributed by atoms with Crippen LogP contribution in [0.5, 0.6) is 0 Å². The number of benzene rings is 1. The molecule has 0 amide bonds. The molecule has 0 saturated heterocycles. The van der Waals surface area contributed by atoms with Crippen molar-refractivity contribution in [1.82, 2.24) is 0 Å². The van der Waals surface area contributed by atoms with Gasteiger partial charge in [-0.25, -0.2) is 8.42 Å². The molecule has 1 aromatic carbocycles. The number of fused-ring (bicyclic) bond motifs is 1. The molecule has 0 aliphatic carbocycles. The Morgan fingerprint density at radius 3 is 2.52 bits per heavy atom. The van der Waals surface area contributed by atoms with Crippen molar-refractivity contribution < 1.29 is 17.6 Å². The Hall–Kier alpha value is -1.82. The maximum atomic E-state index is 11.9. The summed E-state index contributed by atoms with van der Waals surface area (Å²) in [6.07, 6.45) is 0.542. The lowest BCUT2D eigenvalue weighted by molar-refractivity contribution is 0.101. The van der Waals surface area contributed by atoms with Crippen LogP contribution < -0.4 is 4.72 Å². The molecule has 114 valence electrons. The van der Waals surface area contributed by atoms with Gasteiger partial charge in [0.15, 0.2) is 5.78 Å². The number of anilines is 1. The third-order valence-electron chi connectivity index (χ3n) is 3.30. The molecule has 0 atom stereocenters. The number of aryl methyl sites for hydroxylation is 2. The average Bonchev–Trinajstić information content (AvgIpc) is 2.64. The summed E-state index contributed by atoms with van der Waals surface area (Å²) in [5, 5.41) is 0.639. The van der Waals surface area contributed by atoms with Crippen molar-refractivity contribution in [2.45, 2.75) is 34.1 Å². The van der Waals surface area contributed by atoms with Crippen LogP contribution in [0.15, 0.2) is 16.5 Å². The van der Waals surface area contributed by atoms with E-state index in [2.05, 4.69) is 4.72 Å². The zero-order valence-corrected chi connectivity index (χ0v) is 13.4. The Morgan fingerprint density at radius 2 is 1.95 bits per heavy atom. The van der Waals surface area contributed by atoms with Crippen LogP contribution >= 0.6 is 0 Å². The maximum absolute atomic E-state index is 11.9. The molecule has 1 heterocycles. The molecular weight excluding hydrogens is 290 g/mol. The number of carbonyl (C=O) groups excluding carboxylic acids is 1. The van der Waals surface area contributed by atoms with Crippen LogP contribution in [0.3, 0.4) is 0 Å². The second-order valence-corrected chi connectivity index (χ2v) is 7.02. The Bertz CT molecular complexity index is 803. The summed E-state index contributed by atoms with van der Waals surface area (Å²) < 4.78 is 32.0. The van der Waals surface area contributed by atoms with E-state index in [0.717, 1.165) is 5.56 Å². The summed E-state index contributed by atoms with van der Waals surface area (Å²) in [6, 6.07) is 3.42. The number of ketones is 1. The smallest absolute Gasteiger partial charge is 0.232 e. The molecule has 0 aliphatic rings. The highest BCUT2D eigenvalue weighted by molar-refractivity contribution is 7.92. The van der Waals surface area contributed by atoms with Crippen molar-refractivity contribution in [1.29, 1.82) is 0 Å². The summed E-state index contributed by atoms with van der Waals surface area (Å²) in [4.78, 5) is 11.7. The third kappa shape index (κ3) is 3.10. The van der Waals surface area contributed by atoms with Crippen LogP contribution in [0.25, 0.3) is 11.0 Å². The first kappa shape index (κ1) is 15.6. The molecule has 0 saturated carbocycles. The van der Waals surface area contributed by atoms with Crippen molar-refractivity contribution in [3.05, 3.63) is 29.0 Å². The summed E-state index contributed by atoms with van der Waals surface area (Å²) >= 11 is 0. The van der Waals surface area contributed by atoms with Crippen LogP contribution in [0, 0.1) is 13.8 Å². The molecule has 2 rings (SSSR count). The van der Waals surface area contributed by atoms with Gasteiger partial charge in [-0.2, -0.15) is 0 Å². The molecule has 5 nitrogen and oxygen atoms in total. The standard InChI is InChI=1S/C15H19NO4S/c1-5-6-21(18,19)16-13-8-12-14(7-9(13)2)20-11(4)15(12)10(3)17/h7-8,16H,5-6H2,1-4H3. The maximum Gasteiger partial charge on any atom is 0.232 e. The molecular formula is C15H19NO4S. The third-order valence-corrected chi connectivity index (χ3v) is 4.78. The number of carbonyl (C=O) groups is 1. The van der Waals surface area contributed by atoms with Gasteiger partial charge in [-0.3, -0.25) is 9.52 Å². The molecule has 0 fully saturated rings. The summed E-state index contributed by atoms with van der Waals surface area (Å²) in [5.41, 5.74) is 2.33. The lowest BCUT2D eigenvalue weighted by atomic mass is 10.1. The van der Waals surface area contributed by atoms with E-state index < -0.39 is 10.0 Å². The lowest BCUT2D eigenvalue weighted by Gasteiger charge is -2.10. The number of furan rings is 1. The van der Waals surface area contributed by atoms with Gasteiger partial charge in [0.2, 0.25) is 10.0 Å². The molecule has 0 bridgehead atoms. The predicted molar refractivity (Wildman–Crippen MR) is 83.4 cm³/mol. The van der Waals surface area contributed by atoms with E-state index in [-0.39, 0.29) is 11.5 Å². The average molecular weight is 309 g/mol. The Kier molecular flexibility index (Phi) is 4.09. The van der Waals surface area contributed by atoms with Gasteiger partial charge in [-0.1, -0.05) is 6.92 Å². The fraction of sp³-hybridized carbons (Fsp3) is 0.400. The van der Waals surface area contributed by atoms with Crippen LogP contribution in [0.2, 0.25) is 0 Å². The first-order valence-corrected chi connectivity index (χ1v) is 8.45. The van der Waals surface area contributed by atoms with Gasteiger partial charge in [0.1, 0.15) is 11.3 Å². The summed E-state index contributed by atoms with van der Waals surface area (Å²) in [7, 11) is -3.37. The lowest BCUT2D eigenvalue weighted by Crippen LogP contribution is -2.16. The number of rotatable bonds is 5. The SMILES string of the molecule is CCCS(=O)(=O)Nc1cc2c(C(C)=O)c(C)oc2cc1C. The van der Waals surface area contributed by atoms with Crippen LogP contribution in [-0.2, 0) is 10.0 Å². The number of nitrogens with one attached hydrogen (secondary N) is 1. The number of hydrogen-bond donors (Lipinski definition) is 1. The molecule has 21 heavy (non-hydrogen) atoms. The highest BCUT2D eigenvalue weighted by Crippen LogP contribution is 2.31. The minimum Gasteiger partial charge on any atom is -0.461 e. The fourth-order valence-corrected chi connectivity index (χ4v) is 3.60. The molecule has 1 N–H and O–H groups in total. The van der Waals surface area contributed by atoms with Gasteiger partial charge < -0.3 is 4.42 Å². The van der Waals surface area contributed by atoms with Gasteiger partial charge in [0, 0.05) is 5.39 Å². The topological polar surface area (TPSA) is 76.4 Å². The number of hydrogen-bond acceptors (Lipinski definition) is 4. The summed E-state index contributed by atoms with van der Waals surface area (Å²) in [6.45, 7) is 6.81. The minimum absolute atomic E-state index is 0.0639. The van der Waals surface area contributed by atoms with Crippen LogP contribution in [0.1, 0.15) is 41.9 Å². The van der Waals surface area contributed by atoms with E-state index in [4.69, 9.17) is 4.42 Å². The second kappa shape index (κ2) is 5.52. The van der Waals surface area contributed by atoms with Crippen molar-refractivity contribution in [2.75, 3.05) is 10.5 Å². The second-order valence-electron chi connectivity index (χ2n) is 5.17. The molecule has 0 spiro atoms. The highest BCUT2D eigenvalue weighted by Gasteiger charge is 2.18. The van der Waals surface area contributed by atoms with E-state index in [1.54, 1.807) is 26.0 Å². The van der Waals surface area contributed by atoms with Crippen LogP contribution in [-0.4, -0.2) is 20.0 Å². The monoisotopic (exact) mass is 309 g/mol. The van der Waals surface area contributed by atoms with Gasteiger partial charge in [0.25, 0.3) is 0 Å². The molecule has 6 heteroatoms. The van der Waals surface area contributed by atoms with Crippen molar-refractivity contribution in [2.24, 2.45) is 0 Å². The van der Waals surface area contributed by atoms with Crippen molar-refractivity contribution in [3.8, 4) is 0 Å². The van der Waals surface area contributed by atoms with Crippen molar-refractivity contribution >= 4 is 32.5 Å². The largest absolute Gasteiger partial charge is 0.461 e. The van der Waals surface area contributed by atoms with E-state index in [1.165, 1.54) is 6.92 Å². The van der Waals surface area contributed by atoms with E-state index in [0.29, 0.717) is 34.4 Å². The number of Topliss-reactive ketones (excluding diaryl/α,β-unsaturated/α-hetero) is 1. The molecule has 0 aliphatic heterocycles. The fourth-order valence-electron chi connectivity index (χ4n) is 2.40. The zero-order valence-electron chi connectivity index (χ0n) is 12.6. The minimum atomic E-state index is -3.37. The zero-order chi connectivity index (χ0) is 15.8. The van der Waals surface area contributed by atoms with E-state index in [9.17, 15) is 13.2 Å². The Morgan fingerprint density at radius 1 is 1.29 bits per heavy atom. The first-order chi connectivity index (χ1) is 9.75. The normalized spacial score (nSPS) is 11.8. The van der Waals surface area contributed by atoms with Crippen LogP contribution in [0.4, 0.5) is 5.69 Å². The molecule has 0 unspecified atom stereocenters. The van der Waals surface area contributed by atoms with Gasteiger partial charge >= 0.3 is 0 Å². The Balaban J connectivity index is 2.58. The van der Waals surface area contributed by atoms with Crippen molar-refractivity contribution in [3.63, 3.8) is 0 Å². The van der Waals surface area contributed by atoms with E-state index in [1.807, 2.05) is 6.92 Å². The first-order valence-electron chi connectivity index (χ1n) is 6.80.